The number of aromatic nitrogens is 4. The molecule has 35 heavy (non-hydrogen) atoms. The molecule has 1 aliphatic rings. The molecule has 0 aliphatic carbocycles. The Labute approximate surface area is 197 Å². The highest BCUT2D eigenvalue weighted by Crippen LogP contribution is 2.29. The topological polar surface area (TPSA) is 130 Å². The molecule has 14 heteroatoms. The first kappa shape index (κ1) is 24.2. The van der Waals surface area contributed by atoms with Crippen LogP contribution in [0.4, 0.5) is 30.5 Å². The summed E-state index contributed by atoms with van der Waals surface area (Å²) in [6.45, 7) is 1.86. The van der Waals surface area contributed by atoms with Crippen molar-refractivity contribution in [3.8, 4) is 11.5 Å². The number of rotatable bonds is 8. The number of carbonyl (C=O) groups is 2. The van der Waals surface area contributed by atoms with E-state index in [4.69, 9.17) is 4.42 Å². The number of halogens is 3. The van der Waals surface area contributed by atoms with Gasteiger partial charge in [0.25, 0.3) is 5.91 Å². The molecule has 3 aromatic heterocycles. The van der Waals surface area contributed by atoms with Gasteiger partial charge in [0.1, 0.15) is 24.3 Å². The Hall–Kier alpha value is -3.94. The quantitative estimate of drug-likeness (QED) is 0.437. The van der Waals surface area contributed by atoms with Crippen molar-refractivity contribution >= 4 is 29.1 Å². The number of nitrogens with zero attached hydrogens (tertiary/aromatic N) is 5. The van der Waals surface area contributed by atoms with Crippen molar-refractivity contribution in [3.63, 3.8) is 0 Å². The number of pyridine rings is 1. The first-order valence-electron chi connectivity index (χ1n) is 10.7. The van der Waals surface area contributed by atoms with Gasteiger partial charge >= 0.3 is 6.18 Å². The summed E-state index contributed by atoms with van der Waals surface area (Å²) in [6.07, 6.45) is -0.0658. The summed E-state index contributed by atoms with van der Waals surface area (Å²) in [5.41, 5.74) is 0.604. The Balaban J connectivity index is 1.48. The van der Waals surface area contributed by atoms with Gasteiger partial charge in [0.15, 0.2) is 11.5 Å². The SMILES string of the molecule is CCN[C@H]1CC(=O)N(c2nn(C)cc2NC(=O)c2coc(-c3ccnc(NCC(F)(F)F)c3)n2)C1. The predicted octanol–water partition coefficient (Wildman–Crippen LogP) is 2.41. The number of hydrogen-bond donors (Lipinski definition) is 3. The number of aryl methyl sites for hydroxylation is 1. The zero-order chi connectivity index (χ0) is 25.2. The molecule has 1 atom stereocenters. The van der Waals surface area contributed by atoms with Crippen molar-refractivity contribution in [3.05, 3.63) is 36.5 Å². The minimum absolute atomic E-state index is 0.00738. The zero-order valence-corrected chi connectivity index (χ0v) is 18.9. The van der Waals surface area contributed by atoms with Gasteiger partial charge in [-0.3, -0.25) is 19.2 Å². The van der Waals surface area contributed by atoms with Crippen molar-refractivity contribution in [2.45, 2.75) is 25.6 Å². The van der Waals surface area contributed by atoms with Crippen molar-refractivity contribution in [2.24, 2.45) is 7.05 Å². The molecule has 0 saturated carbocycles. The Kier molecular flexibility index (Phi) is 6.73. The van der Waals surface area contributed by atoms with Gasteiger partial charge in [-0.1, -0.05) is 6.92 Å². The van der Waals surface area contributed by atoms with E-state index in [9.17, 15) is 22.8 Å². The second kappa shape index (κ2) is 9.74. The standard InChI is InChI=1S/C21H23F3N8O3/c1-3-25-13-7-17(33)32(8-13)18-14(9-31(2)30-18)28-19(34)15-10-35-20(29-15)12-4-5-26-16(6-12)27-11-21(22,23)24/h4-6,9-10,13,25H,3,7-8,11H2,1-2H3,(H,26,27)(H,28,34)/t13-/m0/s1. The summed E-state index contributed by atoms with van der Waals surface area (Å²) in [6, 6.07) is 2.82. The molecule has 1 saturated heterocycles. The number of nitrogens with one attached hydrogen (secondary N) is 3. The fourth-order valence-corrected chi connectivity index (χ4v) is 3.65. The number of anilines is 3. The van der Waals surface area contributed by atoms with E-state index in [-0.39, 0.29) is 29.4 Å². The molecule has 1 fully saturated rings. The molecule has 0 bridgehead atoms. The molecule has 2 amide bonds. The normalized spacial score (nSPS) is 16.1. The van der Waals surface area contributed by atoms with Crippen LogP contribution < -0.4 is 20.9 Å². The van der Waals surface area contributed by atoms with Crippen LogP contribution in [0.15, 0.2) is 35.2 Å². The van der Waals surface area contributed by atoms with Crippen LogP contribution in [-0.4, -0.2) is 63.4 Å². The number of hydrogen-bond acceptors (Lipinski definition) is 8. The van der Waals surface area contributed by atoms with Gasteiger partial charge in [0, 0.05) is 37.8 Å². The summed E-state index contributed by atoms with van der Waals surface area (Å²) in [7, 11) is 1.67. The van der Waals surface area contributed by atoms with Crippen LogP contribution in [0.1, 0.15) is 23.8 Å². The van der Waals surface area contributed by atoms with E-state index in [0.717, 1.165) is 12.8 Å². The zero-order valence-electron chi connectivity index (χ0n) is 18.9. The van der Waals surface area contributed by atoms with Crippen LogP contribution in [0, 0.1) is 0 Å². The molecule has 0 aromatic carbocycles. The Morgan fingerprint density at radius 3 is 2.89 bits per heavy atom. The Morgan fingerprint density at radius 2 is 2.14 bits per heavy atom. The van der Waals surface area contributed by atoms with Crippen LogP contribution in [0.2, 0.25) is 0 Å². The molecule has 0 radical (unpaired) electrons. The molecule has 0 spiro atoms. The van der Waals surface area contributed by atoms with Crippen LogP contribution >= 0.6 is 0 Å². The molecular weight excluding hydrogens is 469 g/mol. The number of carbonyl (C=O) groups excluding carboxylic acids is 2. The number of amides is 2. The maximum absolute atomic E-state index is 12.8. The van der Waals surface area contributed by atoms with E-state index in [1.807, 2.05) is 6.92 Å². The van der Waals surface area contributed by atoms with Gasteiger partial charge in [-0.15, -0.1) is 0 Å². The summed E-state index contributed by atoms with van der Waals surface area (Å²) >= 11 is 0. The Bertz CT molecular complexity index is 1220. The van der Waals surface area contributed by atoms with E-state index >= 15 is 0 Å². The first-order valence-corrected chi connectivity index (χ1v) is 10.7. The van der Waals surface area contributed by atoms with Gasteiger partial charge in [-0.2, -0.15) is 18.3 Å². The molecule has 3 N–H and O–H groups in total. The van der Waals surface area contributed by atoms with E-state index in [1.165, 1.54) is 27.9 Å². The number of likely N-dealkylation sites (N-methyl/N-ethyl adjacent to an activating group) is 1. The lowest BCUT2D eigenvalue weighted by Gasteiger charge is -2.16. The number of oxazole rings is 1. The molecule has 3 aromatic rings. The van der Waals surface area contributed by atoms with Gasteiger partial charge in [-0.25, -0.2) is 9.97 Å². The highest BCUT2D eigenvalue weighted by Gasteiger charge is 2.33. The highest BCUT2D eigenvalue weighted by atomic mass is 19.4. The van der Waals surface area contributed by atoms with Gasteiger partial charge < -0.3 is 20.4 Å². The summed E-state index contributed by atoms with van der Waals surface area (Å²) in [5, 5.41) is 12.4. The average Bonchev–Trinajstić information content (AvgIpc) is 3.51. The fourth-order valence-electron chi connectivity index (χ4n) is 3.65. The summed E-state index contributed by atoms with van der Waals surface area (Å²) in [4.78, 5) is 34.8. The third-order valence-electron chi connectivity index (χ3n) is 5.14. The van der Waals surface area contributed by atoms with Crippen LogP contribution in [0.3, 0.4) is 0 Å². The van der Waals surface area contributed by atoms with Crippen LogP contribution in [-0.2, 0) is 11.8 Å². The Morgan fingerprint density at radius 1 is 1.34 bits per heavy atom. The molecule has 4 rings (SSSR count). The lowest BCUT2D eigenvalue weighted by atomic mass is 10.2. The molecule has 1 aliphatic heterocycles. The van der Waals surface area contributed by atoms with Crippen molar-refractivity contribution in [1.29, 1.82) is 0 Å². The maximum Gasteiger partial charge on any atom is 0.405 e. The fraction of sp³-hybridized carbons (Fsp3) is 0.381. The highest BCUT2D eigenvalue weighted by molar-refractivity contribution is 6.06. The second-order valence-electron chi connectivity index (χ2n) is 7.89. The lowest BCUT2D eigenvalue weighted by molar-refractivity contribution is -0.117. The van der Waals surface area contributed by atoms with E-state index in [0.29, 0.717) is 30.0 Å². The largest absolute Gasteiger partial charge is 0.444 e. The average molecular weight is 492 g/mol. The maximum atomic E-state index is 12.8. The van der Waals surface area contributed by atoms with Gasteiger partial charge in [0.2, 0.25) is 11.8 Å². The summed E-state index contributed by atoms with van der Waals surface area (Å²) in [5.74, 6) is -0.378. The van der Waals surface area contributed by atoms with E-state index in [2.05, 4.69) is 31.0 Å². The third-order valence-corrected chi connectivity index (χ3v) is 5.14. The minimum Gasteiger partial charge on any atom is -0.444 e. The molecule has 186 valence electrons. The predicted molar refractivity (Wildman–Crippen MR) is 120 cm³/mol. The summed E-state index contributed by atoms with van der Waals surface area (Å²) < 4.78 is 44.2. The van der Waals surface area contributed by atoms with Crippen LogP contribution in [0.5, 0.6) is 0 Å². The molecule has 4 heterocycles. The first-order chi connectivity index (χ1) is 16.6. The van der Waals surface area contributed by atoms with Crippen molar-refractivity contribution in [2.75, 3.05) is 35.2 Å². The van der Waals surface area contributed by atoms with E-state index < -0.39 is 18.6 Å². The smallest absolute Gasteiger partial charge is 0.405 e. The van der Waals surface area contributed by atoms with Crippen molar-refractivity contribution in [1.82, 2.24) is 25.1 Å². The number of alkyl halides is 3. The van der Waals surface area contributed by atoms with Gasteiger partial charge in [-0.05, 0) is 18.7 Å². The minimum atomic E-state index is -4.40. The van der Waals surface area contributed by atoms with Crippen LogP contribution in [0.25, 0.3) is 11.5 Å². The lowest BCUT2D eigenvalue weighted by Crippen LogP contribution is -2.33. The molecular formula is C21H23F3N8O3. The molecule has 11 nitrogen and oxygen atoms in total. The van der Waals surface area contributed by atoms with Crippen molar-refractivity contribution < 1.29 is 27.2 Å². The third kappa shape index (κ3) is 5.77. The molecule has 0 unspecified atom stereocenters. The van der Waals surface area contributed by atoms with Gasteiger partial charge in [0.05, 0.1) is 6.20 Å². The second-order valence-corrected chi connectivity index (χ2v) is 7.89. The van der Waals surface area contributed by atoms with E-state index in [1.54, 1.807) is 13.2 Å². The monoisotopic (exact) mass is 492 g/mol.